The third-order valence-electron chi connectivity index (χ3n) is 2.21. The monoisotopic (exact) mass is 335 g/mol. The molecule has 0 fully saturated rings. The zero-order valence-electron chi connectivity index (χ0n) is 11.8. The molecule has 0 radical (unpaired) electrons. The zero-order valence-corrected chi connectivity index (χ0v) is 14.2. The highest BCUT2D eigenvalue weighted by Crippen LogP contribution is 2.27. The largest absolute Gasteiger partial charge is 0.482 e. The van der Waals surface area contributed by atoms with Gasteiger partial charge in [0, 0.05) is 22.1 Å². The summed E-state index contributed by atoms with van der Waals surface area (Å²) in [5, 5.41) is 3.73. The van der Waals surface area contributed by atoms with Crippen molar-refractivity contribution in [2.75, 3.05) is 18.9 Å². The number of thioether (sulfide) groups is 1. The molecule has 0 aliphatic heterocycles. The van der Waals surface area contributed by atoms with E-state index in [1.54, 1.807) is 30.0 Å². The molecular weight excluding hydrogens is 317 g/mol. The van der Waals surface area contributed by atoms with Crippen LogP contribution in [0.25, 0.3) is 0 Å². The van der Waals surface area contributed by atoms with E-state index in [4.69, 9.17) is 27.9 Å². The lowest BCUT2D eigenvalue weighted by atomic mass is 10.3. The topological polar surface area (TPSA) is 38.3 Å². The highest BCUT2D eigenvalue weighted by molar-refractivity contribution is 8.00. The molecule has 1 aromatic rings. The third-order valence-corrected chi connectivity index (χ3v) is 4.02. The van der Waals surface area contributed by atoms with Crippen LogP contribution in [0.1, 0.15) is 20.8 Å². The van der Waals surface area contributed by atoms with Crippen molar-refractivity contribution in [2.24, 2.45) is 0 Å². The van der Waals surface area contributed by atoms with E-state index < -0.39 is 0 Å². The smallest absolute Gasteiger partial charge is 0.257 e. The Hall–Kier alpha value is -0.580. The average Bonchev–Trinajstić information content (AvgIpc) is 2.32. The molecule has 112 valence electrons. The van der Waals surface area contributed by atoms with Gasteiger partial charge in [-0.25, -0.2) is 0 Å². The van der Waals surface area contributed by atoms with Crippen LogP contribution in [0, 0.1) is 0 Å². The molecule has 0 aromatic heterocycles. The van der Waals surface area contributed by atoms with Gasteiger partial charge in [-0.3, -0.25) is 4.79 Å². The van der Waals surface area contributed by atoms with Gasteiger partial charge in [0.05, 0.1) is 5.02 Å². The van der Waals surface area contributed by atoms with Crippen molar-refractivity contribution in [1.82, 2.24) is 5.32 Å². The Bertz CT molecular complexity index is 461. The highest BCUT2D eigenvalue weighted by atomic mass is 35.5. The van der Waals surface area contributed by atoms with E-state index in [-0.39, 0.29) is 17.3 Å². The van der Waals surface area contributed by atoms with Crippen LogP contribution in [0.2, 0.25) is 10.0 Å². The summed E-state index contributed by atoms with van der Waals surface area (Å²) in [6, 6.07) is 4.89. The van der Waals surface area contributed by atoms with E-state index in [1.807, 2.05) is 0 Å². The standard InChI is InChI=1S/C14H19Cl2NO2S/c1-14(2,3)20-7-6-17-13(18)9-19-12-5-4-10(15)8-11(12)16/h4-5,8H,6-7,9H2,1-3H3,(H,17,18). The van der Waals surface area contributed by atoms with Gasteiger partial charge in [0.1, 0.15) is 5.75 Å². The molecule has 1 aromatic carbocycles. The predicted octanol–water partition coefficient (Wildman–Crippen LogP) is 4.02. The molecule has 1 N–H and O–H groups in total. The van der Waals surface area contributed by atoms with E-state index >= 15 is 0 Å². The first-order valence-electron chi connectivity index (χ1n) is 6.26. The van der Waals surface area contributed by atoms with Gasteiger partial charge in [0.15, 0.2) is 6.61 Å². The molecule has 0 aliphatic carbocycles. The summed E-state index contributed by atoms with van der Waals surface area (Å²) in [6.45, 7) is 7.00. The minimum Gasteiger partial charge on any atom is -0.482 e. The van der Waals surface area contributed by atoms with Crippen LogP contribution >= 0.6 is 35.0 Å². The van der Waals surface area contributed by atoms with Crippen LogP contribution in [-0.2, 0) is 4.79 Å². The summed E-state index contributed by atoms with van der Waals surface area (Å²) in [6.07, 6.45) is 0. The van der Waals surface area contributed by atoms with E-state index in [2.05, 4.69) is 26.1 Å². The predicted molar refractivity (Wildman–Crippen MR) is 87.2 cm³/mol. The number of nitrogens with one attached hydrogen (secondary N) is 1. The van der Waals surface area contributed by atoms with Gasteiger partial charge in [-0.2, -0.15) is 11.8 Å². The SMILES string of the molecule is CC(C)(C)SCCNC(=O)COc1ccc(Cl)cc1Cl. The van der Waals surface area contributed by atoms with Crippen LogP contribution in [-0.4, -0.2) is 29.6 Å². The number of halogens is 2. The van der Waals surface area contributed by atoms with Crippen molar-refractivity contribution < 1.29 is 9.53 Å². The first-order valence-corrected chi connectivity index (χ1v) is 8.00. The lowest BCUT2D eigenvalue weighted by Gasteiger charge is -2.17. The molecule has 0 saturated carbocycles. The summed E-state index contributed by atoms with van der Waals surface area (Å²) in [5.41, 5.74) is 0. The summed E-state index contributed by atoms with van der Waals surface area (Å²) < 4.78 is 5.55. The average molecular weight is 336 g/mol. The molecule has 0 aliphatic rings. The van der Waals surface area contributed by atoms with Gasteiger partial charge in [-0.05, 0) is 18.2 Å². The molecule has 0 heterocycles. The van der Waals surface area contributed by atoms with Crippen molar-refractivity contribution in [3.63, 3.8) is 0 Å². The molecular formula is C14H19Cl2NO2S. The lowest BCUT2D eigenvalue weighted by molar-refractivity contribution is -0.122. The second kappa shape index (κ2) is 8.01. The molecule has 1 rings (SSSR count). The number of ether oxygens (including phenoxy) is 1. The van der Waals surface area contributed by atoms with Crippen LogP contribution in [0.5, 0.6) is 5.75 Å². The Kier molecular flexibility index (Phi) is 7.00. The van der Waals surface area contributed by atoms with Crippen molar-refractivity contribution in [1.29, 1.82) is 0 Å². The maximum Gasteiger partial charge on any atom is 0.257 e. The van der Waals surface area contributed by atoms with E-state index in [1.165, 1.54) is 0 Å². The van der Waals surface area contributed by atoms with Gasteiger partial charge in [-0.1, -0.05) is 44.0 Å². The number of hydrogen-bond acceptors (Lipinski definition) is 3. The minimum absolute atomic E-state index is 0.0540. The van der Waals surface area contributed by atoms with Gasteiger partial charge >= 0.3 is 0 Å². The van der Waals surface area contributed by atoms with Crippen molar-refractivity contribution in [3.05, 3.63) is 28.2 Å². The minimum atomic E-state index is -0.162. The van der Waals surface area contributed by atoms with E-state index in [9.17, 15) is 4.79 Å². The summed E-state index contributed by atoms with van der Waals surface area (Å²) in [5.74, 6) is 1.16. The van der Waals surface area contributed by atoms with Gasteiger partial charge in [0.2, 0.25) is 0 Å². The van der Waals surface area contributed by atoms with Gasteiger partial charge < -0.3 is 10.1 Å². The Morgan fingerprint density at radius 1 is 1.35 bits per heavy atom. The summed E-state index contributed by atoms with van der Waals surface area (Å²) >= 11 is 13.5. The lowest BCUT2D eigenvalue weighted by Crippen LogP contribution is -2.31. The number of carbonyl (C=O) groups is 1. The molecule has 0 bridgehead atoms. The molecule has 0 saturated heterocycles. The number of carbonyl (C=O) groups excluding carboxylic acids is 1. The Morgan fingerprint density at radius 2 is 2.05 bits per heavy atom. The fourth-order valence-electron chi connectivity index (χ4n) is 1.33. The molecule has 0 unspecified atom stereocenters. The molecule has 3 nitrogen and oxygen atoms in total. The van der Waals surface area contributed by atoms with Crippen LogP contribution < -0.4 is 10.1 Å². The van der Waals surface area contributed by atoms with Crippen LogP contribution in [0.4, 0.5) is 0 Å². The Labute approximate surface area is 134 Å². The zero-order chi connectivity index (χ0) is 15.2. The highest BCUT2D eigenvalue weighted by Gasteiger charge is 2.10. The third kappa shape index (κ3) is 7.27. The molecule has 1 amide bonds. The number of amides is 1. The van der Waals surface area contributed by atoms with Gasteiger partial charge in [-0.15, -0.1) is 0 Å². The second-order valence-electron chi connectivity index (χ2n) is 5.17. The van der Waals surface area contributed by atoms with Crippen LogP contribution in [0.15, 0.2) is 18.2 Å². The van der Waals surface area contributed by atoms with Crippen molar-refractivity contribution in [3.8, 4) is 5.75 Å². The fraction of sp³-hybridized carbons (Fsp3) is 0.500. The first kappa shape index (κ1) is 17.5. The van der Waals surface area contributed by atoms with Crippen LogP contribution in [0.3, 0.4) is 0 Å². The molecule has 20 heavy (non-hydrogen) atoms. The molecule has 6 heteroatoms. The Balaban J connectivity index is 2.26. The summed E-state index contributed by atoms with van der Waals surface area (Å²) in [4.78, 5) is 11.6. The number of rotatable bonds is 6. The second-order valence-corrected chi connectivity index (χ2v) is 7.94. The van der Waals surface area contributed by atoms with E-state index in [0.29, 0.717) is 22.3 Å². The molecule has 0 atom stereocenters. The summed E-state index contributed by atoms with van der Waals surface area (Å²) in [7, 11) is 0. The maximum atomic E-state index is 11.6. The van der Waals surface area contributed by atoms with E-state index in [0.717, 1.165) is 5.75 Å². The van der Waals surface area contributed by atoms with Gasteiger partial charge in [0.25, 0.3) is 5.91 Å². The Morgan fingerprint density at radius 3 is 2.65 bits per heavy atom. The number of hydrogen-bond donors (Lipinski definition) is 1. The first-order chi connectivity index (χ1) is 9.28. The van der Waals surface area contributed by atoms with Crippen molar-refractivity contribution >= 4 is 40.9 Å². The number of benzene rings is 1. The normalized spacial score (nSPS) is 11.2. The maximum absolute atomic E-state index is 11.6. The fourth-order valence-corrected chi connectivity index (χ4v) is 2.61. The molecule has 0 spiro atoms. The van der Waals surface area contributed by atoms with Crippen molar-refractivity contribution in [2.45, 2.75) is 25.5 Å². The quantitative estimate of drug-likeness (QED) is 0.798.